The van der Waals surface area contributed by atoms with Crippen molar-refractivity contribution < 1.29 is 14.5 Å². The van der Waals surface area contributed by atoms with Crippen molar-refractivity contribution in [3.05, 3.63) is 78.7 Å². The molecule has 0 saturated carbocycles. The number of amides is 2. The number of thiocarbonyl (C=S) groups is 1. The Hall–Kier alpha value is -2.46. The molecule has 0 atom stereocenters. The number of thioether (sulfide) groups is 1. The number of nitrogens with one attached hydrogen (secondary N) is 1. The van der Waals surface area contributed by atoms with E-state index in [1.165, 1.54) is 30.3 Å². The van der Waals surface area contributed by atoms with Gasteiger partial charge in [0.25, 0.3) is 17.5 Å². The van der Waals surface area contributed by atoms with Crippen molar-refractivity contribution in [1.29, 1.82) is 0 Å². The normalized spacial score (nSPS) is 15.2. The molecule has 1 N–H and O–H groups in total. The van der Waals surface area contributed by atoms with E-state index in [1.807, 2.05) is 0 Å². The Morgan fingerprint density at radius 1 is 1.21 bits per heavy atom. The van der Waals surface area contributed by atoms with Crippen LogP contribution in [0, 0.1) is 10.1 Å². The van der Waals surface area contributed by atoms with Gasteiger partial charge in [0, 0.05) is 6.07 Å². The summed E-state index contributed by atoms with van der Waals surface area (Å²) in [4.78, 5) is 35.5. The average molecular weight is 454 g/mol. The summed E-state index contributed by atoms with van der Waals surface area (Å²) in [5, 5.41) is 12.2. The zero-order valence-electron chi connectivity index (χ0n) is 13.7. The minimum Gasteiger partial charge on any atom is -0.267 e. The summed E-state index contributed by atoms with van der Waals surface area (Å²) in [6.45, 7) is 0. The maximum absolute atomic E-state index is 12.6. The van der Waals surface area contributed by atoms with Gasteiger partial charge in [0.15, 0.2) is 4.32 Å². The Bertz CT molecular complexity index is 1060. The van der Waals surface area contributed by atoms with Gasteiger partial charge >= 0.3 is 0 Å². The number of hydrazine groups is 1. The molecule has 0 radical (unpaired) electrons. The van der Waals surface area contributed by atoms with E-state index in [4.69, 9.17) is 35.4 Å². The molecule has 11 heteroatoms. The van der Waals surface area contributed by atoms with Gasteiger partial charge in [-0.1, -0.05) is 53.2 Å². The zero-order valence-corrected chi connectivity index (χ0v) is 16.9. The van der Waals surface area contributed by atoms with E-state index in [0.717, 1.165) is 16.8 Å². The highest BCUT2D eigenvalue weighted by molar-refractivity contribution is 8.26. The van der Waals surface area contributed by atoms with Gasteiger partial charge in [-0.25, -0.2) is 0 Å². The van der Waals surface area contributed by atoms with Crippen LogP contribution < -0.4 is 5.43 Å². The van der Waals surface area contributed by atoms with Crippen molar-refractivity contribution in [2.75, 3.05) is 0 Å². The third-order valence-electron chi connectivity index (χ3n) is 3.59. The van der Waals surface area contributed by atoms with Crippen molar-refractivity contribution in [2.24, 2.45) is 0 Å². The highest BCUT2D eigenvalue weighted by atomic mass is 35.5. The third-order valence-corrected chi connectivity index (χ3v) is 5.54. The quantitative estimate of drug-likeness (QED) is 0.318. The standard InChI is InChI=1S/C17H9Cl2N3O4S2/c18-11-4-2-1-3-10(11)15(23)20-21-16(24)14(28-17(21)27)8-9-5-6-12(19)13(7-9)22(25)26/h1-8H,(H,20,23)/b14-8+. The molecule has 3 rings (SSSR count). The molecule has 2 aromatic rings. The molecular formula is C17H9Cl2N3O4S2. The van der Waals surface area contributed by atoms with Gasteiger partial charge in [-0.3, -0.25) is 25.1 Å². The van der Waals surface area contributed by atoms with Crippen LogP contribution in [0.15, 0.2) is 47.4 Å². The second-order valence-electron chi connectivity index (χ2n) is 5.41. The number of benzene rings is 2. The van der Waals surface area contributed by atoms with Gasteiger partial charge in [0.1, 0.15) is 5.02 Å². The third kappa shape index (κ3) is 4.17. The number of carbonyl (C=O) groups excluding carboxylic acids is 2. The number of hydrogen-bond acceptors (Lipinski definition) is 6. The predicted octanol–water partition coefficient (Wildman–Crippen LogP) is 4.45. The summed E-state index contributed by atoms with van der Waals surface area (Å²) in [6, 6.07) is 10.5. The van der Waals surface area contributed by atoms with Crippen LogP contribution in [-0.2, 0) is 4.79 Å². The van der Waals surface area contributed by atoms with Gasteiger partial charge in [-0.15, -0.1) is 0 Å². The molecule has 1 saturated heterocycles. The van der Waals surface area contributed by atoms with Gasteiger partial charge in [-0.05, 0) is 42.1 Å². The number of nitrogens with zero attached hydrogens (tertiary/aromatic N) is 2. The maximum atomic E-state index is 12.6. The number of halogens is 2. The lowest BCUT2D eigenvalue weighted by Crippen LogP contribution is -2.44. The van der Waals surface area contributed by atoms with Crippen LogP contribution in [-0.4, -0.2) is 26.1 Å². The summed E-state index contributed by atoms with van der Waals surface area (Å²) in [7, 11) is 0. The van der Waals surface area contributed by atoms with Gasteiger partial charge in [0.2, 0.25) is 0 Å². The van der Waals surface area contributed by atoms with Crippen molar-refractivity contribution in [2.45, 2.75) is 0 Å². The lowest BCUT2D eigenvalue weighted by molar-refractivity contribution is -0.384. The fourth-order valence-electron chi connectivity index (χ4n) is 2.28. The number of hydrogen-bond donors (Lipinski definition) is 1. The van der Waals surface area contributed by atoms with Crippen molar-refractivity contribution in [3.8, 4) is 0 Å². The van der Waals surface area contributed by atoms with E-state index in [0.29, 0.717) is 5.56 Å². The first kappa shape index (κ1) is 20.3. The molecule has 28 heavy (non-hydrogen) atoms. The average Bonchev–Trinajstić information content (AvgIpc) is 2.90. The number of nitro benzene ring substituents is 1. The predicted molar refractivity (Wildman–Crippen MR) is 112 cm³/mol. The SMILES string of the molecule is O=C(NN1C(=O)/C(=C\c2ccc(Cl)c([N+](=O)[O-])c2)SC1=S)c1ccccc1Cl. The van der Waals surface area contributed by atoms with E-state index in [9.17, 15) is 19.7 Å². The molecule has 142 valence electrons. The molecule has 0 aliphatic carbocycles. The topological polar surface area (TPSA) is 92.6 Å². The Labute approximate surface area is 178 Å². The molecule has 1 aliphatic heterocycles. The van der Waals surface area contributed by atoms with Crippen LogP contribution in [0.4, 0.5) is 5.69 Å². The second kappa shape index (κ2) is 8.27. The van der Waals surface area contributed by atoms with Crippen molar-refractivity contribution in [1.82, 2.24) is 10.4 Å². The number of nitro groups is 1. The molecule has 7 nitrogen and oxygen atoms in total. The van der Waals surface area contributed by atoms with E-state index >= 15 is 0 Å². The first-order chi connectivity index (χ1) is 13.3. The van der Waals surface area contributed by atoms with Crippen LogP contribution in [0.3, 0.4) is 0 Å². The van der Waals surface area contributed by atoms with Crippen LogP contribution >= 0.6 is 47.2 Å². The number of rotatable bonds is 4. The molecular weight excluding hydrogens is 445 g/mol. The highest BCUT2D eigenvalue weighted by Crippen LogP contribution is 2.33. The fraction of sp³-hybridized carbons (Fsp3) is 0. The van der Waals surface area contributed by atoms with Gasteiger partial charge in [0.05, 0.1) is 20.4 Å². The summed E-state index contributed by atoms with van der Waals surface area (Å²) < 4.78 is 0.111. The van der Waals surface area contributed by atoms with Gasteiger partial charge < -0.3 is 0 Å². The van der Waals surface area contributed by atoms with Crippen LogP contribution in [0.25, 0.3) is 6.08 Å². The second-order valence-corrected chi connectivity index (χ2v) is 7.90. The highest BCUT2D eigenvalue weighted by Gasteiger charge is 2.34. The largest absolute Gasteiger partial charge is 0.288 e. The van der Waals surface area contributed by atoms with E-state index in [1.54, 1.807) is 18.2 Å². The first-order valence-electron chi connectivity index (χ1n) is 7.55. The molecule has 0 spiro atoms. The lowest BCUT2D eigenvalue weighted by atomic mass is 10.2. The Morgan fingerprint density at radius 3 is 2.61 bits per heavy atom. The van der Waals surface area contributed by atoms with Crippen molar-refractivity contribution in [3.63, 3.8) is 0 Å². The Kier molecular flexibility index (Phi) is 5.99. The van der Waals surface area contributed by atoms with Gasteiger partial charge in [-0.2, -0.15) is 5.01 Å². The monoisotopic (exact) mass is 453 g/mol. The molecule has 1 heterocycles. The lowest BCUT2D eigenvalue weighted by Gasteiger charge is -2.16. The summed E-state index contributed by atoms with van der Waals surface area (Å²) in [6.07, 6.45) is 1.43. The van der Waals surface area contributed by atoms with Crippen LogP contribution in [0.5, 0.6) is 0 Å². The molecule has 2 aromatic carbocycles. The Balaban J connectivity index is 1.83. The first-order valence-corrected chi connectivity index (χ1v) is 9.53. The summed E-state index contributed by atoms with van der Waals surface area (Å²) in [5.41, 5.74) is 2.73. The molecule has 2 amide bonds. The zero-order chi connectivity index (χ0) is 20.4. The van der Waals surface area contributed by atoms with E-state index < -0.39 is 16.7 Å². The molecule has 1 aliphatic rings. The smallest absolute Gasteiger partial charge is 0.267 e. The summed E-state index contributed by atoms with van der Waals surface area (Å²) in [5.74, 6) is -1.15. The Morgan fingerprint density at radius 2 is 1.93 bits per heavy atom. The van der Waals surface area contributed by atoms with Crippen LogP contribution in [0.2, 0.25) is 10.0 Å². The van der Waals surface area contributed by atoms with Crippen LogP contribution in [0.1, 0.15) is 15.9 Å². The molecule has 0 unspecified atom stereocenters. The minimum atomic E-state index is -0.616. The van der Waals surface area contributed by atoms with E-state index in [2.05, 4.69) is 5.43 Å². The molecule has 1 fully saturated rings. The number of carbonyl (C=O) groups is 2. The minimum absolute atomic E-state index is 0.0123. The molecule has 0 bridgehead atoms. The summed E-state index contributed by atoms with van der Waals surface area (Å²) >= 11 is 17.9. The van der Waals surface area contributed by atoms with Crippen molar-refractivity contribution >= 4 is 75.1 Å². The molecule has 0 aromatic heterocycles. The maximum Gasteiger partial charge on any atom is 0.288 e. The van der Waals surface area contributed by atoms with E-state index in [-0.39, 0.29) is 30.5 Å². The fourth-order valence-corrected chi connectivity index (χ4v) is 3.87.